The summed E-state index contributed by atoms with van der Waals surface area (Å²) in [6, 6.07) is 3.92. The molecule has 1 fully saturated rings. The smallest absolute Gasteiger partial charge is 0.295 e. The van der Waals surface area contributed by atoms with Gasteiger partial charge >= 0.3 is 0 Å². The van der Waals surface area contributed by atoms with Gasteiger partial charge < -0.3 is 5.32 Å². The Morgan fingerprint density at radius 3 is 2.61 bits per heavy atom. The number of nitro groups is 1. The van der Waals surface area contributed by atoms with Crippen molar-refractivity contribution in [3.05, 3.63) is 34.1 Å². The van der Waals surface area contributed by atoms with Crippen LogP contribution in [0.5, 0.6) is 0 Å². The molecule has 0 amide bonds. The van der Waals surface area contributed by atoms with E-state index < -0.39 is 10.7 Å². The van der Waals surface area contributed by atoms with Crippen molar-refractivity contribution in [2.24, 2.45) is 5.92 Å². The van der Waals surface area contributed by atoms with E-state index in [4.69, 9.17) is 0 Å². The van der Waals surface area contributed by atoms with E-state index in [0.29, 0.717) is 5.69 Å². The molecule has 0 saturated heterocycles. The lowest BCUT2D eigenvalue weighted by atomic mass is 9.87. The average Bonchev–Trinajstić information content (AvgIpc) is 2.34. The molecule has 0 bridgehead atoms. The van der Waals surface area contributed by atoms with Crippen molar-refractivity contribution in [3.63, 3.8) is 0 Å². The molecule has 0 aromatic heterocycles. The first kappa shape index (κ1) is 12.8. The minimum Gasteiger partial charge on any atom is -0.377 e. The highest BCUT2D eigenvalue weighted by Gasteiger charge is 2.21. The van der Waals surface area contributed by atoms with Gasteiger partial charge in [-0.05, 0) is 43.7 Å². The molecule has 1 aliphatic carbocycles. The molecule has 1 saturated carbocycles. The third kappa shape index (κ3) is 2.97. The van der Waals surface area contributed by atoms with E-state index in [0.717, 1.165) is 37.7 Å². The summed E-state index contributed by atoms with van der Waals surface area (Å²) in [5, 5.41) is 14.0. The van der Waals surface area contributed by atoms with Crippen LogP contribution in [0.1, 0.15) is 32.6 Å². The van der Waals surface area contributed by atoms with Gasteiger partial charge in [0.05, 0.1) is 11.0 Å². The number of nitrogens with zero attached hydrogens (tertiary/aromatic N) is 1. The van der Waals surface area contributed by atoms with Crippen LogP contribution in [0.25, 0.3) is 0 Å². The van der Waals surface area contributed by atoms with Crippen LogP contribution in [0.4, 0.5) is 15.8 Å². The molecule has 0 radical (unpaired) electrons. The maximum Gasteiger partial charge on any atom is 0.295 e. The van der Waals surface area contributed by atoms with Crippen LogP contribution in [0, 0.1) is 21.8 Å². The van der Waals surface area contributed by atoms with Crippen LogP contribution < -0.4 is 5.32 Å². The average molecular weight is 252 g/mol. The fourth-order valence-corrected chi connectivity index (χ4v) is 2.40. The molecule has 98 valence electrons. The Balaban J connectivity index is 2.11. The molecule has 1 aromatic rings. The summed E-state index contributed by atoms with van der Waals surface area (Å²) in [7, 11) is 0. The summed E-state index contributed by atoms with van der Waals surface area (Å²) in [5.41, 5.74) is 0.231. The van der Waals surface area contributed by atoms with Crippen LogP contribution in [-0.4, -0.2) is 11.0 Å². The Kier molecular flexibility index (Phi) is 3.79. The van der Waals surface area contributed by atoms with Crippen molar-refractivity contribution >= 4 is 11.4 Å². The lowest BCUT2D eigenvalue weighted by Gasteiger charge is -2.27. The highest BCUT2D eigenvalue weighted by Crippen LogP contribution is 2.30. The number of benzene rings is 1. The Morgan fingerprint density at radius 2 is 2.00 bits per heavy atom. The van der Waals surface area contributed by atoms with Gasteiger partial charge in [0.2, 0.25) is 0 Å². The molecule has 1 aliphatic rings. The summed E-state index contributed by atoms with van der Waals surface area (Å²) >= 11 is 0. The fraction of sp³-hybridized carbons (Fsp3) is 0.538. The largest absolute Gasteiger partial charge is 0.377 e. The minimum absolute atomic E-state index is 0.186. The molecule has 2 rings (SSSR count). The zero-order chi connectivity index (χ0) is 13.1. The molecule has 1 N–H and O–H groups in total. The standard InChI is InChI=1S/C13H17FN2O2/c1-9-2-5-11(6-3-9)15-12-7-4-10(14)8-13(12)16(17)18/h4,7-9,11,15H,2-3,5-6H2,1H3. The van der Waals surface area contributed by atoms with Gasteiger partial charge in [-0.3, -0.25) is 10.1 Å². The fourth-order valence-electron chi connectivity index (χ4n) is 2.40. The quantitative estimate of drug-likeness (QED) is 0.658. The summed E-state index contributed by atoms with van der Waals surface area (Å²) in [6.45, 7) is 2.22. The molecule has 18 heavy (non-hydrogen) atoms. The van der Waals surface area contributed by atoms with Gasteiger partial charge in [-0.15, -0.1) is 0 Å². The van der Waals surface area contributed by atoms with Crippen molar-refractivity contribution in [1.82, 2.24) is 0 Å². The van der Waals surface area contributed by atoms with Crippen molar-refractivity contribution in [3.8, 4) is 0 Å². The summed E-state index contributed by atoms with van der Waals surface area (Å²) in [4.78, 5) is 10.3. The topological polar surface area (TPSA) is 55.2 Å². The normalized spacial score (nSPS) is 23.7. The number of nitro benzene ring substituents is 1. The predicted octanol–water partition coefficient (Wildman–Crippen LogP) is 3.72. The van der Waals surface area contributed by atoms with E-state index in [-0.39, 0.29) is 11.7 Å². The van der Waals surface area contributed by atoms with Gasteiger partial charge in [-0.25, -0.2) is 4.39 Å². The molecule has 5 heteroatoms. The molecular weight excluding hydrogens is 235 g/mol. The first-order valence-corrected chi connectivity index (χ1v) is 6.26. The van der Waals surface area contributed by atoms with Gasteiger partial charge in [0, 0.05) is 6.04 Å². The predicted molar refractivity (Wildman–Crippen MR) is 68.1 cm³/mol. The maximum absolute atomic E-state index is 13.0. The molecule has 0 unspecified atom stereocenters. The zero-order valence-electron chi connectivity index (χ0n) is 10.4. The number of rotatable bonds is 3. The lowest BCUT2D eigenvalue weighted by Crippen LogP contribution is -2.25. The number of hydrogen-bond acceptors (Lipinski definition) is 3. The lowest BCUT2D eigenvalue weighted by molar-refractivity contribution is -0.384. The molecule has 0 atom stereocenters. The van der Waals surface area contributed by atoms with E-state index in [1.54, 1.807) is 0 Å². The highest BCUT2D eigenvalue weighted by molar-refractivity contribution is 5.61. The van der Waals surface area contributed by atoms with E-state index in [1.165, 1.54) is 12.1 Å². The van der Waals surface area contributed by atoms with Crippen molar-refractivity contribution in [2.45, 2.75) is 38.6 Å². The summed E-state index contributed by atoms with van der Waals surface area (Å²) in [6.07, 6.45) is 4.28. The highest BCUT2D eigenvalue weighted by atomic mass is 19.1. The number of hydrogen-bond donors (Lipinski definition) is 1. The van der Waals surface area contributed by atoms with E-state index in [2.05, 4.69) is 12.2 Å². The molecule has 4 nitrogen and oxygen atoms in total. The Hall–Kier alpha value is -1.65. The molecule has 0 spiro atoms. The second kappa shape index (κ2) is 5.33. The molecule has 1 aromatic carbocycles. The Morgan fingerprint density at radius 1 is 1.33 bits per heavy atom. The Labute approximate surface area is 105 Å². The van der Waals surface area contributed by atoms with Gasteiger partial charge in [0.15, 0.2) is 0 Å². The van der Waals surface area contributed by atoms with Crippen LogP contribution in [0.2, 0.25) is 0 Å². The Bertz CT molecular complexity index is 443. The van der Waals surface area contributed by atoms with Gasteiger partial charge in [-0.1, -0.05) is 6.92 Å². The molecule has 0 heterocycles. The first-order chi connectivity index (χ1) is 8.56. The van der Waals surface area contributed by atoms with E-state index >= 15 is 0 Å². The molecule has 0 aliphatic heterocycles. The number of nitrogens with one attached hydrogen (secondary N) is 1. The van der Waals surface area contributed by atoms with Crippen molar-refractivity contribution in [2.75, 3.05) is 5.32 Å². The first-order valence-electron chi connectivity index (χ1n) is 6.26. The molecular formula is C13H17FN2O2. The minimum atomic E-state index is -0.579. The summed E-state index contributed by atoms with van der Waals surface area (Å²) in [5.74, 6) is 0.149. The van der Waals surface area contributed by atoms with E-state index in [1.807, 2.05) is 0 Å². The second-order valence-electron chi connectivity index (χ2n) is 5.02. The summed E-state index contributed by atoms with van der Waals surface area (Å²) < 4.78 is 13.0. The van der Waals surface area contributed by atoms with Crippen molar-refractivity contribution < 1.29 is 9.31 Å². The van der Waals surface area contributed by atoms with Crippen LogP contribution in [0.15, 0.2) is 18.2 Å². The number of anilines is 1. The van der Waals surface area contributed by atoms with Gasteiger partial charge in [0.25, 0.3) is 5.69 Å². The van der Waals surface area contributed by atoms with E-state index in [9.17, 15) is 14.5 Å². The van der Waals surface area contributed by atoms with Crippen LogP contribution in [0.3, 0.4) is 0 Å². The van der Waals surface area contributed by atoms with Crippen LogP contribution in [-0.2, 0) is 0 Å². The third-order valence-corrected chi connectivity index (χ3v) is 3.53. The van der Waals surface area contributed by atoms with Crippen molar-refractivity contribution in [1.29, 1.82) is 0 Å². The number of halogens is 1. The second-order valence-corrected chi connectivity index (χ2v) is 5.02. The van der Waals surface area contributed by atoms with Gasteiger partial charge in [-0.2, -0.15) is 0 Å². The zero-order valence-corrected chi connectivity index (χ0v) is 10.4. The maximum atomic E-state index is 13.0. The van der Waals surface area contributed by atoms with Crippen LogP contribution >= 0.6 is 0 Å². The monoisotopic (exact) mass is 252 g/mol. The van der Waals surface area contributed by atoms with Gasteiger partial charge in [0.1, 0.15) is 11.5 Å². The third-order valence-electron chi connectivity index (χ3n) is 3.53. The SMILES string of the molecule is CC1CCC(Nc2ccc(F)cc2[N+](=O)[O-])CC1.